The first-order valence-corrected chi connectivity index (χ1v) is 10.8. The number of hydrogen-bond acceptors (Lipinski definition) is 2. The zero-order chi connectivity index (χ0) is 18.2. The first-order valence-electron chi connectivity index (χ1n) is 9.81. The molecule has 2 aliphatic heterocycles. The molecule has 0 spiro atoms. The molecule has 0 radical (unpaired) electrons. The Morgan fingerprint density at radius 1 is 1.00 bits per heavy atom. The number of nitrogens with zero attached hydrogens (tertiary/aromatic N) is 1. The third kappa shape index (κ3) is 1.85. The summed E-state index contributed by atoms with van der Waals surface area (Å²) in [6, 6.07) is 18.1. The largest absolute Gasteiger partial charge is 0.396 e. The molecule has 2 aromatic rings. The summed E-state index contributed by atoms with van der Waals surface area (Å²) in [5.41, 5.74) is 5.98. The van der Waals surface area contributed by atoms with Gasteiger partial charge in [0.05, 0.1) is 11.1 Å². The summed E-state index contributed by atoms with van der Waals surface area (Å²) < 4.78 is 2.56. The van der Waals surface area contributed by atoms with Crippen LogP contribution in [0.4, 0.5) is 0 Å². The van der Waals surface area contributed by atoms with E-state index in [9.17, 15) is 5.11 Å². The highest BCUT2D eigenvalue weighted by Gasteiger charge is 2.65. The molecule has 2 heterocycles. The number of aliphatic hydroxyl groups is 1. The maximum atomic E-state index is 10.0. The van der Waals surface area contributed by atoms with Crippen LogP contribution in [0.15, 0.2) is 48.5 Å². The first-order chi connectivity index (χ1) is 12.5. The summed E-state index contributed by atoms with van der Waals surface area (Å²) in [5, 5.41) is 10.0. The standard InChI is InChI=1S/C23H26INO/c1-3-22-14-16(22)15-23(12-13-26)20-11-7-5-9-18(20)21(2,25(23)24)17-8-4-6-10-19(17)22/h4-11,16,26H,3,12-15H2,1-2H3/t16-,21-,22-,23?/m1/s1. The van der Waals surface area contributed by atoms with E-state index in [1.54, 1.807) is 5.56 Å². The summed E-state index contributed by atoms with van der Waals surface area (Å²) in [6.07, 6.45) is 4.44. The second-order valence-corrected chi connectivity index (χ2v) is 9.53. The molecule has 1 aliphatic carbocycles. The normalized spacial score (nSPS) is 37.3. The Bertz CT molecular complexity index is 882. The van der Waals surface area contributed by atoms with E-state index in [-0.39, 0.29) is 17.7 Å². The van der Waals surface area contributed by atoms with Gasteiger partial charge >= 0.3 is 0 Å². The van der Waals surface area contributed by atoms with Gasteiger partial charge in [-0.2, -0.15) is 0 Å². The van der Waals surface area contributed by atoms with Crippen molar-refractivity contribution in [2.45, 2.75) is 56.0 Å². The lowest BCUT2D eigenvalue weighted by atomic mass is 9.76. The van der Waals surface area contributed by atoms with Crippen LogP contribution in [0.3, 0.4) is 0 Å². The molecule has 2 nitrogen and oxygen atoms in total. The van der Waals surface area contributed by atoms with Crippen LogP contribution >= 0.6 is 22.9 Å². The quantitative estimate of drug-likeness (QED) is 0.500. The molecular weight excluding hydrogens is 433 g/mol. The predicted molar refractivity (Wildman–Crippen MR) is 113 cm³/mol. The van der Waals surface area contributed by atoms with Gasteiger partial charge in [-0.3, -0.25) is 0 Å². The van der Waals surface area contributed by atoms with Crippen molar-refractivity contribution in [2.24, 2.45) is 5.92 Å². The van der Waals surface area contributed by atoms with Gasteiger partial charge < -0.3 is 5.11 Å². The van der Waals surface area contributed by atoms with Crippen molar-refractivity contribution < 1.29 is 5.11 Å². The van der Waals surface area contributed by atoms with Gasteiger partial charge in [0.15, 0.2) is 0 Å². The minimum absolute atomic E-state index is 0.0736. The second kappa shape index (κ2) is 5.55. The highest BCUT2D eigenvalue weighted by molar-refractivity contribution is 14.1. The first kappa shape index (κ1) is 17.2. The van der Waals surface area contributed by atoms with Gasteiger partial charge in [0, 0.05) is 29.5 Å². The van der Waals surface area contributed by atoms with Gasteiger partial charge in [-0.15, -0.1) is 0 Å². The number of rotatable bonds is 3. The molecule has 3 heteroatoms. The molecule has 2 aromatic carbocycles. The van der Waals surface area contributed by atoms with Gasteiger partial charge in [-0.25, -0.2) is 3.11 Å². The second-order valence-electron chi connectivity index (χ2n) is 8.56. The topological polar surface area (TPSA) is 23.5 Å². The lowest BCUT2D eigenvalue weighted by Gasteiger charge is -2.45. The fourth-order valence-electron chi connectivity index (χ4n) is 6.26. The van der Waals surface area contributed by atoms with Crippen LogP contribution in [0.1, 0.15) is 61.8 Å². The van der Waals surface area contributed by atoms with Crippen LogP contribution in [0.25, 0.3) is 0 Å². The highest BCUT2D eigenvalue weighted by atomic mass is 127. The zero-order valence-electron chi connectivity index (χ0n) is 15.5. The van der Waals surface area contributed by atoms with Crippen LogP contribution < -0.4 is 0 Å². The van der Waals surface area contributed by atoms with Crippen molar-refractivity contribution in [3.63, 3.8) is 0 Å². The van der Waals surface area contributed by atoms with Crippen LogP contribution in [-0.4, -0.2) is 14.8 Å². The van der Waals surface area contributed by atoms with Gasteiger partial charge in [-0.1, -0.05) is 55.5 Å². The molecule has 1 unspecified atom stereocenters. The lowest BCUT2D eigenvalue weighted by Crippen LogP contribution is -2.47. The number of halogens is 1. The predicted octanol–water partition coefficient (Wildman–Crippen LogP) is 5.26. The van der Waals surface area contributed by atoms with Crippen molar-refractivity contribution in [1.82, 2.24) is 3.11 Å². The lowest BCUT2D eigenvalue weighted by molar-refractivity contribution is 0.103. The Labute approximate surface area is 170 Å². The Balaban J connectivity index is 1.87. The summed E-state index contributed by atoms with van der Waals surface area (Å²) in [6.45, 7) is 4.98. The van der Waals surface area contributed by atoms with Crippen molar-refractivity contribution in [2.75, 3.05) is 6.61 Å². The molecule has 0 aromatic heterocycles. The molecular formula is C23H26INO. The van der Waals surface area contributed by atoms with Crippen molar-refractivity contribution in [3.05, 3.63) is 70.8 Å². The van der Waals surface area contributed by atoms with E-state index in [0.717, 1.165) is 12.8 Å². The zero-order valence-corrected chi connectivity index (χ0v) is 17.7. The fourth-order valence-corrected chi connectivity index (χ4v) is 7.48. The van der Waals surface area contributed by atoms with Gasteiger partial charge in [-0.05, 0) is 66.2 Å². The molecule has 136 valence electrons. The fraction of sp³-hybridized carbons (Fsp3) is 0.478. The molecule has 0 amide bonds. The van der Waals surface area contributed by atoms with Crippen LogP contribution in [-0.2, 0) is 16.5 Å². The van der Waals surface area contributed by atoms with E-state index in [4.69, 9.17) is 0 Å². The third-order valence-electron chi connectivity index (χ3n) is 7.68. The number of hydrogen-bond donors (Lipinski definition) is 1. The van der Waals surface area contributed by atoms with Crippen LogP contribution in [0, 0.1) is 5.92 Å². The minimum Gasteiger partial charge on any atom is -0.396 e. The van der Waals surface area contributed by atoms with E-state index in [2.05, 4.69) is 88.4 Å². The minimum atomic E-state index is -0.154. The maximum Gasteiger partial charge on any atom is 0.0792 e. The monoisotopic (exact) mass is 459 g/mol. The van der Waals surface area contributed by atoms with Crippen molar-refractivity contribution in [3.8, 4) is 0 Å². The molecule has 5 rings (SSSR count). The molecule has 3 aliphatic rings. The summed E-state index contributed by atoms with van der Waals surface area (Å²) in [4.78, 5) is 0. The molecule has 0 saturated heterocycles. The van der Waals surface area contributed by atoms with E-state index in [1.165, 1.54) is 29.5 Å². The highest BCUT2D eigenvalue weighted by Crippen LogP contribution is 2.69. The van der Waals surface area contributed by atoms with E-state index in [0.29, 0.717) is 11.3 Å². The number of benzene rings is 2. The smallest absolute Gasteiger partial charge is 0.0792 e. The molecule has 1 N–H and O–H groups in total. The van der Waals surface area contributed by atoms with Gasteiger partial charge in [0.1, 0.15) is 0 Å². The molecule has 4 atom stereocenters. The van der Waals surface area contributed by atoms with E-state index in [1.807, 2.05) is 0 Å². The Hall–Kier alpha value is -0.910. The van der Waals surface area contributed by atoms with Gasteiger partial charge in [0.25, 0.3) is 0 Å². The Morgan fingerprint density at radius 2 is 1.58 bits per heavy atom. The van der Waals surface area contributed by atoms with E-state index < -0.39 is 0 Å². The summed E-state index contributed by atoms with van der Waals surface area (Å²) in [7, 11) is 0. The molecule has 1 fully saturated rings. The van der Waals surface area contributed by atoms with Crippen LogP contribution in [0.2, 0.25) is 0 Å². The summed E-state index contributed by atoms with van der Waals surface area (Å²) >= 11 is 2.57. The summed E-state index contributed by atoms with van der Waals surface area (Å²) in [5.74, 6) is 0.702. The van der Waals surface area contributed by atoms with Gasteiger partial charge in [0.2, 0.25) is 0 Å². The Morgan fingerprint density at radius 3 is 2.19 bits per heavy atom. The van der Waals surface area contributed by atoms with Crippen molar-refractivity contribution >= 4 is 22.9 Å². The maximum absolute atomic E-state index is 10.0. The van der Waals surface area contributed by atoms with Crippen molar-refractivity contribution in [1.29, 1.82) is 0 Å². The third-order valence-corrected chi connectivity index (χ3v) is 9.57. The Kier molecular flexibility index (Phi) is 3.68. The molecule has 26 heavy (non-hydrogen) atoms. The average Bonchev–Trinajstić information content (AvgIpc) is 3.34. The SMILES string of the molecule is CC[C@@]12C[C@@H]1CC1(CCO)c3ccccc3[C@@](C)(c3ccccc32)N1I. The molecule has 2 bridgehead atoms. The number of fused-ring (bicyclic) bond motifs is 9. The molecule has 1 saturated carbocycles. The van der Waals surface area contributed by atoms with Crippen LogP contribution in [0.5, 0.6) is 0 Å². The van der Waals surface area contributed by atoms with E-state index >= 15 is 0 Å². The average molecular weight is 459 g/mol. The number of aliphatic hydroxyl groups excluding tert-OH is 1.